The number of hydrogen-bond donors (Lipinski definition) is 2. The maximum absolute atomic E-state index is 12.5. The molecule has 4 aromatic rings. The second kappa shape index (κ2) is 10.3. The van der Waals surface area contributed by atoms with Gasteiger partial charge in [-0.25, -0.2) is 9.97 Å². The molecule has 0 atom stereocenters. The topological polar surface area (TPSA) is 84.0 Å². The fourth-order valence-electron chi connectivity index (χ4n) is 3.31. The summed E-state index contributed by atoms with van der Waals surface area (Å²) in [7, 11) is 0. The van der Waals surface area contributed by atoms with Gasteiger partial charge in [0.25, 0.3) is 0 Å². The van der Waals surface area contributed by atoms with Gasteiger partial charge in [0.05, 0.1) is 11.4 Å². The van der Waals surface area contributed by atoms with Crippen molar-refractivity contribution in [3.05, 3.63) is 84.9 Å². The van der Waals surface area contributed by atoms with Gasteiger partial charge in [0.1, 0.15) is 0 Å². The number of carbonyl (C=O) groups is 2. The normalized spacial score (nSPS) is 11.6. The van der Waals surface area contributed by atoms with Crippen LogP contribution in [0, 0.1) is 0 Å². The number of rotatable bonds is 5. The summed E-state index contributed by atoms with van der Waals surface area (Å²) in [6, 6.07) is 21.6. The van der Waals surface area contributed by atoms with Crippen molar-refractivity contribution in [2.24, 2.45) is 0 Å². The monoisotopic (exact) mass is 530 g/mol. The number of nitrogens with zero attached hydrogens (tertiary/aromatic N) is 2. The lowest BCUT2D eigenvalue weighted by Crippen LogP contribution is -2.29. The summed E-state index contributed by atoms with van der Waals surface area (Å²) in [6.45, 7) is 0. The summed E-state index contributed by atoms with van der Waals surface area (Å²) in [5, 5.41) is 3.53. The van der Waals surface area contributed by atoms with Gasteiger partial charge in [0.2, 0.25) is 0 Å². The molecule has 0 unspecified atom stereocenters. The smallest absolute Gasteiger partial charge is 0.318 e. The molecular weight excluding hydrogens is 514 g/mol. The van der Waals surface area contributed by atoms with Gasteiger partial charge in [-0.15, -0.1) is 0 Å². The van der Waals surface area contributed by atoms with Gasteiger partial charge in [-0.3, -0.25) is 9.59 Å². The number of benzene rings is 3. The summed E-state index contributed by atoms with van der Waals surface area (Å²) in [6.07, 6.45) is -10.1. The lowest BCUT2D eigenvalue weighted by Gasteiger charge is -2.12. The standard InChI is InChI=1S/C26H16F6N4O2/c27-25(28,29)23(37)33-18-10-6-15(7-11-18)20-14-21(36-22(35-20)17-4-2-1-3-5-17)16-8-12-19(13-9-16)34-24(38)26(30,31)32/h1-14H,(H,33,37)(H,34,38). The Labute approximate surface area is 211 Å². The lowest BCUT2D eigenvalue weighted by atomic mass is 10.1. The maximum Gasteiger partial charge on any atom is 0.471 e. The molecule has 2 N–H and O–H groups in total. The van der Waals surface area contributed by atoms with E-state index in [1.165, 1.54) is 48.5 Å². The maximum atomic E-state index is 12.5. The first-order valence-electron chi connectivity index (χ1n) is 10.8. The first kappa shape index (κ1) is 26.3. The highest BCUT2D eigenvalue weighted by molar-refractivity contribution is 5.95. The van der Waals surface area contributed by atoms with Crippen LogP contribution >= 0.6 is 0 Å². The van der Waals surface area contributed by atoms with Crippen LogP contribution in [-0.2, 0) is 9.59 Å². The minimum Gasteiger partial charge on any atom is -0.318 e. The molecule has 0 bridgehead atoms. The van der Waals surface area contributed by atoms with Crippen LogP contribution in [0.1, 0.15) is 0 Å². The molecule has 1 aromatic heterocycles. The van der Waals surface area contributed by atoms with Gasteiger partial charge < -0.3 is 10.6 Å². The largest absolute Gasteiger partial charge is 0.471 e. The van der Waals surface area contributed by atoms with Crippen LogP contribution in [0.25, 0.3) is 33.9 Å². The SMILES string of the molecule is O=C(Nc1ccc(-c2cc(-c3ccc(NC(=O)C(F)(F)F)cc3)nc(-c3ccccc3)n2)cc1)C(F)(F)F. The third-order valence-electron chi connectivity index (χ3n) is 5.15. The second-order valence-corrected chi connectivity index (χ2v) is 7.89. The Balaban J connectivity index is 1.68. The van der Waals surface area contributed by atoms with Gasteiger partial charge >= 0.3 is 24.2 Å². The Morgan fingerprint density at radius 3 is 1.32 bits per heavy atom. The van der Waals surface area contributed by atoms with Crippen LogP contribution < -0.4 is 10.6 Å². The average molecular weight is 530 g/mol. The van der Waals surface area contributed by atoms with E-state index in [-0.39, 0.29) is 11.4 Å². The van der Waals surface area contributed by atoms with Crippen molar-refractivity contribution < 1.29 is 35.9 Å². The van der Waals surface area contributed by atoms with E-state index in [1.807, 2.05) is 0 Å². The predicted octanol–water partition coefficient (Wildman–Crippen LogP) is 6.48. The van der Waals surface area contributed by atoms with E-state index in [2.05, 4.69) is 9.97 Å². The molecule has 0 saturated carbocycles. The Hall–Kier alpha value is -4.74. The van der Waals surface area contributed by atoms with Gasteiger partial charge in [-0.2, -0.15) is 26.3 Å². The molecule has 0 spiro atoms. The van der Waals surface area contributed by atoms with E-state index in [0.29, 0.717) is 33.9 Å². The lowest BCUT2D eigenvalue weighted by molar-refractivity contribution is -0.167. The predicted molar refractivity (Wildman–Crippen MR) is 128 cm³/mol. The minimum atomic E-state index is -5.03. The highest BCUT2D eigenvalue weighted by Crippen LogP contribution is 2.29. The summed E-state index contributed by atoms with van der Waals surface area (Å²) >= 11 is 0. The second-order valence-electron chi connectivity index (χ2n) is 7.89. The van der Waals surface area contributed by atoms with Crippen molar-refractivity contribution in [2.75, 3.05) is 10.6 Å². The molecule has 0 aliphatic carbocycles. The van der Waals surface area contributed by atoms with E-state index in [0.717, 1.165) is 0 Å². The third kappa shape index (κ3) is 6.33. The van der Waals surface area contributed by atoms with Gasteiger partial charge in [-0.05, 0) is 30.3 Å². The summed E-state index contributed by atoms with van der Waals surface area (Å²) in [5.74, 6) is -3.88. The van der Waals surface area contributed by atoms with Crippen molar-refractivity contribution in [1.82, 2.24) is 9.97 Å². The fraction of sp³-hybridized carbons (Fsp3) is 0.0769. The molecule has 12 heteroatoms. The van der Waals surface area contributed by atoms with E-state index in [4.69, 9.17) is 0 Å². The molecule has 2 amide bonds. The van der Waals surface area contributed by atoms with E-state index < -0.39 is 24.2 Å². The van der Waals surface area contributed by atoms with E-state index in [1.54, 1.807) is 47.0 Å². The van der Waals surface area contributed by atoms with Crippen molar-refractivity contribution in [3.63, 3.8) is 0 Å². The van der Waals surface area contributed by atoms with Gasteiger partial charge in [0.15, 0.2) is 5.82 Å². The van der Waals surface area contributed by atoms with Crippen molar-refractivity contribution in [3.8, 4) is 33.9 Å². The summed E-state index contributed by atoms with van der Waals surface area (Å²) in [4.78, 5) is 31.5. The zero-order chi connectivity index (χ0) is 27.5. The van der Waals surface area contributed by atoms with Crippen LogP contribution in [0.15, 0.2) is 84.9 Å². The molecule has 0 radical (unpaired) electrons. The molecule has 0 aliphatic rings. The molecule has 194 valence electrons. The van der Waals surface area contributed by atoms with Crippen LogP contribution in [0.5, 0.6) is 0 Å². The molecule has 0 fully saturated rings. The number of aromatic nitrogens is 2. The summed E-state index contributed by atoms with van der Waals surface area (Å²) in [5.41, 5.74) is 2.35. The number of carbonyl (C=O) groups excluding carboxylic acids is 2. The number of anilines is 2. The van der Waals surface area contributed by atoms with Crippen LogP contribution in [0.4, 0.5) is 37.7 Å². The molecule has 0 saturated heterocycles. The fourth-order valence-corrected chi connectivity index (χ4v) is 3.31. The van der Waals surface area contributed by atoms with Crippen LogP contribution in [0.2, 0.25) is 0 Å². The number of hydrogen-bond acceptors (Lipinski definition) is 4. The van der Waals surface area contributed by atoms with Crippen molar-refractivity contribution >= 4 is 23.2 Å². The summed E-state index contributed by atoms with van der Waals surface area (Å²) < 4.78 is 75.2. The Morgan fingerprint density at radius 1 is 0.553 bits per heavy atom. The quantitative estimate of drug-likeness (QED) is 0.290. The van der Waals surface area contributed by atoms with E-state index >= 15 is 0 Å². The number of alkyl halides is 6. The molecule has 0 aliphatic heterocycles. The van der Waals surface area contributed by atoms with E-state index in [9.17, 15) is 35.9 Å². The zero-order valence-corrected chi connectivity index (χ0v) is 19.1. The number of halogens is 6. The third-order valence-corrected chi connectivity index (χ3v) is 5.15. The first-order chi connectivity index (χ1) is 17.9. The molecule has 6 nitrogen and oxygen atoms in total. The number of amides is 2. The highest BCUT2D eigenvalue weighted by atomic mass is 19.4. The molecule has 38 heavy (non-hydrogen) atoms. The van der Waals surface area contributed by atoms with Gasteiger partial charge in [0, 0.05) is 28.1 Å². The highest BCUT2D eigenvalue weighted by Gasteiger charge is 2.39. The molecule has 1 heterocycles. The number of nitrogens with one attached hydrogen (secondary N) is 2. The van der Waals surface area contributed by atoms with Crippen LogP contribution in [-0.4, -0.2) is 34.1 Å². The van der Waals surface area contributed by atoms with Crippen molar-refractivity contribution in [2.45, 2.75) is 12.4 Å². The molecule has 3 aromatic carbocycles. The average Bonchev–Trinajstić information content (AvgIpc) is 2.88. The Kier molecular flexibility index (Phi) is 7.15. The Bertz CT molecular complexity index is 1360. The minimum absolute atomic E-state index is 0.0647. The molecular formula is C26H16F6N4O2. The van der Waals surface area contributed by atoms with Gasteiger partial charge in [-0.1, -0.05) is 54.6 Å². The van der Waals surface area contributed by atoms with Crippen LogP contribution in [0.3, 0.4) is 0 Å². The van der Waals surface area contributed by atoms with Crippen molar-refractivity contribution in [1.29, 1.82) is 0 Å². The zero-order valence-electron chi connectivity index (χ0n) is 19.1. The first-order valence-corrected chi connectivity index (χ1v) is 10.8. The Morgan fingerprint density at radius 2 is 0.947 bits per heavy atom. The molecule has 4 rings (SSSR count).